The van der Waals surface area contributed by atoms with Crippen LogP contribution in [0.2, 0.25) is 0 Å². The van der Waals surface area contributed by atoms with Gasteiger partial charge in [0.15, 0.2) is 11.5 Å². The first-order valence-electron chi connectivity index (χ1n) is 12.8. The molecule has 10 heteroatoms. The van der Waals surface area contributed by atoms with E-state index in [9.17, 15) is 18.4 Å². The Bertz CT molecular complexity index is 1550. The van der Waals surface area contributed by atoms with Crippen LogP contribution >= 0.6 is 0 Å². The molecule has 1 unspecified atom stereocenters. The van der Waals surface area contributed by atoms with Gasteiger partial charge in [-0.2, -0.15) is 28.4 Å². The molecule has 2 heterocycles. The van der Waals surface area contributed by atoms with Crippen molar-refractivity contribution >= 4 is 17.0 Å². The van der Waals surface area contributed by atoms with Gasteiger partial charge >= 0.3 is 6.18 Å². The molecule has 0 bridgehead atoms. The molecule has 0 spiro atoms. The van der Waals surface area contributed by atoms with Gasteiger partial charge in [0.2, 0.25) is 5.82 Å². The van der Waals surface area contributed by atoms with Crippen LogP contribution in [0.3, 0.4) is 0 Å². The van der Waals surface area contributed by atoms with E-state index in [2.05, 4.69) is 29.1 Å². The summed E-state index contributed by atoms with van der Waals surface area (Å²) in [5, 5.41) is 13.1. The fraction of sp³-hybridized carbons (Fsp3) is 0.379. The van der Waals surface area contributed by atoms with Gasteiger partial charge in [0.1, 0.15) is 23.2 Å². The molecule has 2 aromatic heterocycles. The quantitative estimate of drug-likeness (QED) is 0.288. The first-order valence-corrected chi connectivity index (χ1v) is 12.8. The van der Waals surface area contributed by atoms with Crippen molar-refractivity contribution in [2.75, 3.05) is 12.4 Å². The Hall–Kier alpha value is -4.13. The van der Waals surface area contributed by atoms with Crippen molar-refractivity contribution in [3.05, 3.63) is 65.0 Å². The largest absolute Gasteiger partial charge is 0.496 e. The van der Waals surface area contributed by atoms with Crippen LogP contribution in [0.15, 0.2) is 42.5 Å². The van der Waals surface area contributed by atoms with Crippen LogP contribution in [0.5, 0.6) is 5.75 Å². The lowest BCUT2D eigenvalue weighted by Gasteiger charge is -2.37. The second-order valence-corrected chi connectivity index (χ2v) is 10.4. The molecular weight excluding hydrogens is 505 g/mol. The summed E-state index contributed by atoms with van der Waals surface area (Å²) < 4.78 is 47.1. The Morgan fingerprint density at radius 1 is 1.13 bits per heavy atom. The number of halogens is 3. The lowest BCUT2D eigenvalue weighted by Crippen LogP contribution is -2.35. The van der Waals surface area contributed by atoms with Crippen LogP contribution in [-0.4, -0.2) is 32.7 Å². The zero-order valence-corrected chi connectivity index (χ0v) is 22.2. The highest BCUT2D eigenvalue weighted by molar-refractivity contribution is 5.88. The smallest absolute Gasteiger partial charge is 0.416 e. The Morgan fingerprint density at radius 2 is 1.85 bits per heavy atom. The number of nitrogens with one attached hydrogen (secondary N) is 1. The molecule has 1 aliphatic rings. The molecule has 0 radical (unpaired) electrons. The second-order valence-electron chi connectivity index (χ2n) is 10.4. The average molecular weight is 535 g/mol. The Kier molecular flexibility index (Phi) is 6.93. The van der Waals surface area contributed by atoms with Crippen molar-refractivity contribution in [3.8, 4) is 23.2 Å². The van der Waals surface area contributed by atoms with Crippen molar-refractivity contribution in [1.82, 2.24) is 19.5 Å². The molecule has 7 nitrogen and oxygen atoms in total. The third-order valence-corrected chi connectivity index (χ3v) is 7.40. The minimum absolute atomic E-state index is 0.0129. The van der Waals surface area contributed by atoms with Crippen LogP contribution in [0.1, 0.15) is 49.2 Å². The monoisotopic (exact) mass is 534 g/mol. The number of alkyl halides is 3. The molecular formula is C29H29F3N6O. The van der Waals surface area contributed by atoms with Crippen molar-refractivity contribution < 1.29 is 17.9 Å². The molecule has 1 atom stereocenters. The number of rotatable bonds is 7. The molecule has 2 aromatic carbocycles. The van der Waals surface area contributed by atoms with Gasteiger partial charge in [-0.15, -0.1) is 0 Å². The Labute approximate surface area is 224 Å². The summed E-state index contributed by atoms with van der Waals surface area (Å²) in [5.74, 6) is 2.71. The highest BCUT2D eigenvalue weighted by atomic mass is 19.4. The van der Waals surface area contributed by atoms with E-state index < -0.39 is 11.7 Å². The number of anilines is 1. The number of aromatic nitrogens is 4. The third kappa shape index (κ3) is 5.26. The summed E-state index contributed by atoms with van der Waals surface area (Å²) in [5.41, 5.74) is 2.51. The van der Waals surface area contributed by atoms with Gasteiger partial charge in [0.05, 0.1) is 18.2 Å². The molecule has 202 valence electrons. The third-order valence-electron chi connectivity index (χ3n) is 7.40. The molecule has 39 heavy (non-hydrogen) atoms. The van der Waals surface area contributed by atoms with E-state index in [1.54, 1.807) is 7.11 Å². The number of benzene rings is 2. The van der Waals surface area contributed by atoms with Crippen LogP contribution in [-0.2, 0) is 12.7 Å². The van der Waals surface area contributed by atoms with E-state index in [1.807, 2.05) is 35.8 Å². The highest BCUT2D eigenvalue weighted by Gasteiger charge is 2.32. The molecule has 1 aliphatic carbocycles. The predicted octanol–water partition coefficient (Wildman–Crippen LogP) is 6.60. The number of aryl methyl sites for hydroxylation is 1. The maximum absolute atomic E-state index is 13.2. The van der Waals surface area contributed by atoms with Gasteiger partial charge in [-0.05, 0) is 68.4 Å². The highest BCUT2D eigenvalue weighted by Crippen LogP contribution is 2.39. The van der Waals surface area contributed by atoms with Crippen molar-refractivity contribution in [3.63, 3.8) is 0 Å². The SMILES string of the molecule is COc1ccc(C)cc1-c1nc2nc(C#N)nc(NC(C)C3CC(C)C3)c2n1Cc1ccc(C(F)(F)F)cc1. The Balaban J connectivity index is 1.69. The number of hydrogen-bond donors (Lipinski definition) is 1. The molecule has 1 N–H and O–H groups in total. The molecule has 4 aromatic rings. The molecule has 0 amide bonds. The van der Waals surface area contributed by atoms with Gasteiger partial charge in [-0.25, -0.2) is 4.98 Å². The first kappa shape index (κ1) is 26.5. The predicted molar refractivity (Wildman–Crippen MR) is 142 cm³/mol. The van der Waals surface area contributed by atoms with Crippen LogP contribution < -0.4 is 10.1 Å². The van der Waals surface area contributed by atoms with Crippen LogP contribution in [0.4, 0.5) is 19.0 Å². The van der Waals surface area contributed by atoms with Gasteiger partial charge in [0.25, 0.3) is 0 Å². The summed E-state index contributed by atoms with van der Waals surface area (Å²) in [6.45, 7) is 6.48. The number of imidazole rings is 1. The topological polar surface area (TPSA) is 88.7 Å². The zero-order valence-electron chi connectivity index (χ0n) is 22.2. The van der Waals surface area contributed by atoms with E-state index in [0.717, 1.165) is 30.5 Å². The molecule has 1 fully saturated rings. The van der Waals surface area contributed by atoms with Gasteiger partial charge in [0, 0.05) is 12.6 Å². The van der Waals surface area contributed by atoms with Gasteiger partial charge in [-0.3, -0.25) is 0 Å². The lowest BCUT2D eigenvalue weighted by molar-refractivity contribution is -0.137. The zero-order chi connectivity index (χ0) is 27.9. The van der Waals surface area contributed by atoms with Crippen molar-refractivity contribution in [2.45, 2.75) is 52.4 Å². The van der Waals surface area contributed by atoms with E-state index in [0.29, 0.717) is 51.5 Å². The summed E-state index contributed by atoms with van der Waals surface area (Å²) >= 11 is 0. The maximum atomic E-state index is 13.2. The fourth-order valence-electron chi connectivity index (χ4n) is 5.23. The Morgan fingerprint density at radius 3 is 2.46 bits per heavy atom. The first-order chi connectivity index (χ1) is 18.6. The lowest BCUT2D eigenvalue weighted by atomic mass is 9.72. The number of fused-ring (bicyclic) bond motifs is 1. The summed E-state index contributed by atoms with van der Waals surface area (Å²) in [6.07, 6.45) is -2.22. The number of ether oxygens (including phenoxy) is 1. The van der Waals surface area contributed by atoms with E-state index >= 15 is 0 Å². The van der Waals surface area contributed by atoms with Gasteiger partial charge < -0.3 is 14.6 Å². The van der Waals surface area contributed by atoms with E-state index in [-0.39, 0.29) is 18.4 Å². The number of nitrogens with zero attached hydrogens (tertiary/aromatic N) is 5. The molecule has 0 saturated heterocycles. The van der Waals surface area contributed by atoms with Crippen molar-refractivity contribution in [2.24, 2.45) is 11.8 Å². The average Bonchev–Trinajstić information content (AvgIpc) is 3.24. The minimum Gasteiger partial charge on any atom is -0.496 e. The van der Waals surface area contributed by atoms with Gasteiger partial charge in [-0.1, -0.05) is 30.7 Å². The molecule has 0 aliphatic heterocycles. The summed E-state index contributed by atoms with van der Waals surface area (Å²) in [4.78, 5) is 13.7. The summed E-state index contributed by atoms with van der Waals surface area (Å²) in [7, 11) is 1.57. The maximum Gasteiger partial charge on any atom is 0.416 e. The summed E-state index contributed by atoms with van der Waals surface area (Å²) in [6, 6.07) is 12.9. The number of methoxy groups -OCH3 is 1. The standard InChI is InChI=1S/C29H29F3N6O/c1-16-5-10-23(39-4)22(13-16)28-37-27-25(38(28)15-19-6-8-21(9-7-19)29(30,31)32)26(35-24(14-33)36-27)34-18(3)20-11-17(2)12-20/h5-10,13,17-18,20H,11-12,15H2,1-4H3,(H,34,35,36). The van der Waals surface area contributed by atoms with Crippen LogP contribution in [0, 0.1) is 30.1 Å². The van der Waals surface area contributed by atoms with E-state index in [4.69, 9.17) is 9.72 Å². The normalized spacial score (nSPS) is 17.9. The number of hydrogen-bond acceptors (Lipinski definition) is 6. The molecule has 1 saturated carbocycles. The minimum atomic E-state index is -4.42. The number of nitriles is 1. The molecule has 5 rings (SSSR count). The second kappa shape index (κ2) is 10.2. The van der Waals surface area contributed by atoms with Crippen molar-refractivity contribution in [1.29, 1.82) is 5.26 Å². The van der Waals surface area contributed by atoms with E-state index in [1.165, 1.54) is 12.1 Å². The van der Waals surface area contributed by atoms with Crippen LogP contribution in [0.25, 0.3) is 22.6 Å². The fourth-order valence-corrected chi connectivity index (χ4v) is 5.23.